The second kappa shape index (κ2) is 7.85. The average molecular weight is 357 g/mol. The van der Waals surface area contributed by atoms with E-state index in [9.17, 15) is 4.79 Å². The quantitative estimate of drug-likeness (QED) is 0.732. The van der Waals surface area contributed by atoms with Gasteiger partial charge in [-0.2, -0.15) is 0 Å². The van der Waals surface area contributed by atoms with Gasteiger partial charge in [-0.1, -0.05) is 23.7 Å². The molecule has 0 spiro atoms. The van der Waals surface area contributed by atoms with Crippen LogP contribution in [-0.2, 0) is 11.3 Å². The molecule has 3 aromatic rings. The first kappa shape index (κ1) is 17.0. The third-order valence-electron chi connectivity index (χ3n) is 3.81. The molecule has 1 atom stereocenters. The van der Waals surface area contributed by atoms with Gasteiger partial charge in [0.25, 0.3) is 0 Å². The summed E-state index contributed by atoms with van der Waals surface area (Å²) in [4.78, 5) is 16.5. The highest BCUT2D eigenvalue weighted by atomic mass is 35.5. The van der Waals surface area contributed by atoms with Crippen LogP contribution in [0.5, 0.6) is 0 Å². The molecule has 25 heavy (non-hydrogen) atoms. The van der Waals surface area contributed by atoms with Gasteiger partial charge in [-0.15, -0.1) is 5.10 Å². The summed E-state index contributed by atoms with van der Waals surface area (Å²) in [5, 5.41) is 14.9. The molecule has 2 aromatic heterocycles. The molecule has 1 aromatic carbocycles. The van der Waals surface area contributed by atoms with Crippen molar-refractivity contribution < 1.29 is 4.79 Å². The molecule has 0 radical (unpaired) electrons. The molecular formula is C17H17ClN6O. The fraction of sp³-hybridized carbons (Fsp3) is 0.235. The molecule has 3 rings (SSSR count). The first-order valence-electron chi connectivity index (χ1n) is 7.81. The van der Waals surface area contributed by atoms with Crippen molar-refractivity contribution >= 4 is 17.5 Å². The Morgan fingerprint density at radius 3 is 2.48 bits per heavy atom. The number of hydrogen-bond acceptors (Lipinski definition) is 5. The van der Waals surface area contributed by atoms with Crippen molar-refractivity contribution in [2.75, 3.05) is 0 Å². The van der Waals surface area contributed by atoms with Gasteiger partial charge in [0.2, 0.25) is 5.91 Å². The highest BCUT2D eigenvalue weighted by Crippen LogP contribution is 2.23. The van der Waals surface area contributed by atoms with E-state index in [1.807, 2.05) is 36.4 Å². The number of nitrogens with zero attached hydrogens (tertiary/aromatic N) is 5. The van der Waals surface area contributed by atoms with Crippen LogP contribution in [0.2, 0.25) is 5.02 Å². The van der Waals surface area contributed by atoms with Crippen molar-refractivity contribution in [1.82, 2.24) is 30.5 Å². The summed E-state index contributed by atoms with van der Waals surface area (Å²) in [5.41, 5.74) is 1.90. The minimum absolute atomic E-state index is 0.0911. The van der Waals surface area contributed by atoms with E-state index in [4.69, 9.17) is 11.6 Å². The number of rotatable bonds is 6. The molecule has 0 aliphatic rings. The smallest absolute Gasteiger partial charge is 0.222 e. The Kier molecular flexibility index (Phi) is 5.35. The van der Waals surface area contributed by atoms with Crippen LogP contribution < -0.4 is 5.32 Å². The average Bonchev–Trinajstić information content (AvgIpc) is 3.04. The highest BCUT2D eigenvalue weighted by molar-refractivity contribution is 6.30. The number of hydrogen-bond donors (Lipinski definition) is 1. The first-order valence-corrected chi connectivity index (χ1v) is 8.19. The van der Waals surface area contributed by atoms with Gasteiger partial charge in [0.05, 0.1) is 12.6 Å². The van der Waals surface area contributed by atoms with Crippen LogP contribution in [0.25, 0.3) is 0 Å². The number of amides is 1. The van der Waals surface area contributed by atoms with Crippen molar-refractivity contribution in [2.24, 2.45) is 0 Å². The predicted octanol–water partition coefficient (Wildman–Crippen LogP) is 2.33. The van der Waals surface area contributed by atoms with E-state index in [-0.39, 0.29) is 18.4 Å². The molecule has 128 valence electrons. The summed E-state index contributed by atoms with van der Waals surface area (Å²) in [7, 11) is 0. The molecule has 0 aliphatic carbocycles. The SMILES string of the molecule is Cc1nnnn1CCC(=O)NC(c1ccncc1)c1ccc(Cl)cc1. The summed E-state index contributed by atoms with van der Waals surface area (Å²) in [6, 6.07) is 10.9. The Hall–Kier alpha value is -2.80. The van der Waals surface area contributed by atoms with Crippen molar-refractivity contribution in [3.8, 4) is 0 Å². The van der Waals surface area contributed by atoms with Crippen LogP contribution in [0.1, 0.15) is 29.4 Å². The van der Waals surface area contributed by atoms with Gasteiger partial charge in [-0.25, -0.2) is 4.68 Å². The number of carbonyl (C=O) groups excluding carboxylic acids is 1. The number of pyridine rings is 1. The third kappa shape index (κ3) is 4.39. The summed E-state index contributed by atoms with van der Waals surface area (Å²) in [6.07, 6.45) is 3.69. The van der Waals surface area contributed by atoms with Crippen molar-refractivity contribution in [3.05, 3.63) is 70.8 Å². The number of tetrazole rings is 1. The summed E-state index contributed by atoms with van der Waals surface area (Å²) in [6.45, 7) is 2.22. The summed E-state index contributed by atoms with van der Waals surface area (Å²) in [5.74, 6) is 0.586. The normalized spacial score (nSPS) is 11.9. The maximum absolute atomic E-state index is 12.4. The number of carbonyl (C=O) groups is 1. The van der Waals surface area contributed by atoms with Crippen LogP contribution in [0.4, 0.5) is 0 Å². The van der Waals surface area contributed by atoms with Gasteiger partial charge in [0.1, 0.15) is 5.82 Å². The first-order chi connectivity index (χ1) is 12.1. The summed E-state index contributed by atoms with van der Waals surface area (Å²) >= 11 is 5.97. The number of benzene rings is 1. The molecule has 1 N–H and O–H groups in total. The molecule has 8 heteroatoms. The van der Waals surface area contributed by atoms with Gasteiger partial charge < -0.3 is 5.32 Å². The predicted molar refractivity (Wildman–Crippen MR) is 92.8 cm³/mol. The fourth-order valence-corrected chi connectivity index (χ4v) is 2.59. The van der Waals surface area contributed by atoms with Crippen LogP contribution in [0, 0.1) is 6.92 Å². The second-order valence-corrected chi connectivity index (χ2v) is 5.97. The fourth-order valence-electron chi connectivity index (χ4n) is 2.47. The van der Waals surface area contributed by atoms with Gasteiger partial charge in [0.15, 0.2) is 0 Å². The zero-order valence-electron chi connectivity index (χ0n) is 13.6. The van der Waals surface area contributed by atoms with Crippen LogP contribution >= 0.6 is 11.6 Å². The Labute approximate surface area is 150 Å². The molecular weight excluding hydrogens is 340 g/mol. The van der Waals surface area contributed by atoms with Crippen LogP contribution in [0.3, 0.4) is 0 Å². The van der Waals surface area contributed by atoms with Gasteiger partial charge >= 0.3 is 0 Å². The minimum Gasteiger partial charge on any atom is -0.345 e. The number of halogens is 1. The van der Waals surface area contributed by atoms with Crippen LogP contribution in [-0.4, -0.2) is 31.1 Å². The van der Waals surface area contributed by atoms with E-state index < -0.39 is 0 Å². The van der Waals surface area contributed by atoms with E-state index in [0.29, 0.717) is 17.4 Å². The lowest BCUT2D eigenvalue weighted by atomic mass is 9.99. The van der Waals surface area contributed by atoms with E-state index in [0.717, 1.165) is 11.1 Å². The molecule has 0 bridgehead atoms. The third-order valence-corrected chi connectivity index (χ3v) is 4.06. The Bertz CT molecular complexity index is 834. The van der Waals surface area contributed by atoms with Crippen molar-refractivity contribution in [2.45, 2.75) is 25.9 Å². The van der Waals surface area contributed by atoms with Crippen LogP contribution in [0.15, 0.2) is 48.8 Å². The maximum atomic E-state index is 12.4. The molecule has 0 saturated heterocycles. The lowest BCUT2D eigenvalue weighted by molar-refractivity contribution is -0.121. The minimum atomic E-state index is -0.275. The highest BCUT2D eigenvalue weighted by Gasteiger charge is 2.17. The number of aryl methyl sites for hydroxylation is 2. The van der Waals surface area contributed by atoms with Crippen molar-refractivity contribution in [1.29, 1.82) is 0 Å². The maximum Gasteiger partial charge on any atom is 0.222 e. The Morgan fingerprint density at radius 1 is 1.16 bits per heavy atom. The topological polar surface area (TPSA) is 85.6 Å². The molecule has 0 saturated carbocycles. The van der Waals surface area contributed by atoms with E-state index in [1.165, 1.54) is 0 Å². The molecule has 7 nitrogen and oxygen atoms in total. The molecule has 1 unspecified atom stereocenters. The van der Waals surface area contributed by atoms with Gasteiger partial charge in [0, 0.05) is 23.8 Å². The lowest BCUT2D eigenvalue weighted by Gasteiger charge is -2.20. The molecule has 0 aliphatic heterocycles. The van der Waals surface area contributed by atoms with E-state index in [2.05, 4.69) is 25.8 Å². The van der Waals surface area contributed by atoms with Gasteiger partial charge in [-0.3, -0.25) is 9.78 Å². The Balaban J connectivity index is 1.74. The monoisotopic (exact) mass is 356 g/mol. The number of aromatic nitrogens is 5. The zero-order valence-corrected chi connectivity index (χ0v) is 14.4. The standard InChI is InChI=1S/C17H17ClN6O/c1-12-21-22-23-24(12)11-8-16(25)20-17(14-6-9-19-10-7-14)13-2-4-15(18)5-3-13/h2-7,9-10,17H,8,11H2,1H3,(H,20,25). The summed E-state index contributed by atoms with van der Waals surface area (Å²) < 4.78 is 1.60. The van der Waals surface area contributed by atoms with Gasteiger partial charge in [-0.05, 0) is 52.7 Å². The van der Waals surface area contributed by atoms with E-state index in [1.54, 1.807) is 24.0 Å². The van der Waals surface area contributed by atoms with Crippen molar-refractivity contribution in [3.63, 3.8) is 0 Å². The molecule has 2 heterocycles. The largest absolute Gasteiger partial charge is 0.345 e. The number of nitrogens with one attached hydrogen (secondary N) is 1. The molecule has 1 amide bonds. The zero-order chi connectivity index (χ0) is 17.6. The second-order valence-electron chi connectivity index (χ2n) is 5.53. The lowest BCUT2D eigenvalue weighted by Crippen LogP contribution is -2.30. The molecule has 0 fully saturated rings. The Morgan fingerprint density at radius 2 is 1.84 bits per heavy atom. The van der Waals surface area contributed by atoms with E-state index >= 15 is 0 Å².